The Labute approximate surface area is 82.0 Å². The summed E-state index contributed by atoms with van der Waals surface area (Å²) >= 11 is 1.82. The molecule has 0 unspecified atom stereocenters. The van der Waals surface area contributed by atoms with Crippen LogP contribution in [0.5, 0.6) is 0 Å². The SMILES string of the molecule is CCSCCN1CC(=O)NC(=O)C1. The highest BCUT2D eigenvalue weighted by Crippen LogP contribution is 2.01. The van der Waals surface area contributed by atoms with E-state index in [1.165, 1.54) is 0 Å². The van der Waals surface area contributed by atoms with Crippen LogP contribution in [0.1, 0.15) is 6.92 Å². The lowest BCUT2D eigenvalue weighted by molar-refractivity contribution is -0.135. The van der Waals surface area contributed by atoms with Crippen LogP contribution >= 0.6 is 11.8 Å². The third kappa shape index (κ3) is 3.78. The summed E-state index contributed by atoms with van der Waals surface area (Å²) in [7, 11) is 0. The summed E-state index contributed by atoms with van der Waals surface area (Å²) < 4.78 is 0. The van der Waals surface area contributed by atoms with Gasteiger partial charge in [-0.3, -0.25) is 19.8 Å². The molecule has 0 radical (unpaired) electrons. The fourth-order valence-electron chi connectivity index (χ4n) is 1.19. The van der Waals surface area contributed by atoms with Crippen LogP contribution in [0.3, 0.4) is 0 Å². The number of rotatable bonds is 4. The summed E-state index contributed by atoms with van der Waals surface area (Å²) in [6.07, 6.45) is 0. The Bertz CT molecular complexity index is 192. The zero-order chi connectivity index (χ0) is 9.68. The van der Waals surface area contributed by atoms with Crippen molar-refractivity contribution in [2.75, 3.05) is 31.1 Å². The molecule has 2 amide bonds. The van der Waals surface area contributed by atoms with Gasteiger partial charge in [0.25, 0.3) is 0 Å². The van der Waals surface area contributed by atoms with E-state index in [1.54, 1.807) is 0 Å². The molecular weight excluding hydrogens is 188 g/mol. The number of imide groups is 1. The van der Waals surface area contributed by atoms with E-state index in [0.29, 0.717) is 13.1 Å². The summed E-state index contributed by atoms with van der Waals surface area (Å²) in [4.78, 5) is 23.8. The largest absolute Gasteiger partial charge is 0.294 e. The maximum Gasteiger partial charge on any atom is 0.240 e. The second-order valence-corrected chi connectivity index (χ2v) is 4.27. The van der Waals surface area contributed by atoms with Crippen molar-refractivity contribution in [3.05, 3.63) is 0 Å². The summed E-state index contributed by atoms with van der Waals surface area (Å²) in [5, 5.41) is 2.27. The zero-order valence-electron chi connectivity index (χ0n) is 7.71. The molecule has 0 aliphatic carbocycles. The average molecular weight is 202 g/mol. The van der Waals surface area contributed by atoms with Gasteiger partial charge in [0.15, 0.2) is 0 Å². The minimum absolute atomic E-state index is 0.183. The fourth-order valence-corrected chi connectivity index (χ4v) is 1.87. The van der Waals surface area contributed by atoms with Crippen molar-refractivity contribution < 1.29 is 9.59 Å². The number of nitrogens with one attached hydrogen (secondary N) is 1. The minimum Gasteiger partial charge on any atom is -0.294 e. The predicted molar refractivity (Wildman–Crippen MR) is 52.6 cm³/mol. The van der Waals surface area contributed by atoms with Crippen molar-refractivity contribution in [2.24, 2.45) is 0 Å². The van der Waals surface area contributed by atoms with Gasteiger partial charge in [-0.05, 0) is 5.75 Å². The van der Waals surface area contributed by atoms with E-state index in [4.69, 9.17) is 0 Å². The monoisotopic (exact) mass is 202 g/mol. The molecule has 0 spiro atoms. The summed E-state index contributed by atoms with van der Waals surface area (Å²) in [5.41, 5.74) is 0. The van der Waals surface area contributed by atoms with E-state index >= 15 is 0 Å². The van der Waals surface area contributed by atoms with Crippen molar-refractivity contribution in [1.29, 1.82) is 0 Å². The fraction of sp³-hybridized carbons (Fsp3) is 0.750. The van der Waals surface area contributed by atoms with Crippen LogP contribution in [0.4, 0.5) is 0 Å². The first-order valence-electron chi connectivity index (χ1n) is 4.35. The van der Waals surface area contributed by atoms with E-state index in [0.717, 1.165) is 18.1 Å². The molecule has 1 aliphatic rings. The Morgan fingerprint density at radius 3 is 2.54 bits per heavy atom. The lowest BCUT2D eigenvalue weighted by atomic mass is 10.3. The zero-order valence-corrected chi connectivity index (χ0v) is 8.52. The molecule has 1 N–H and O–H groups in total. The minimum atomic E-state index is -0.183. The number of carbonyl (C=O) groups excluding carboxylic acids is 2. The number of thioether (sulfide) groups is 1. The summed E-state index contributed by atoms with van der Waals surface area (Å²) in [5.74, 6) is 1.70. The van der Waals surface area contributed by atoms with Gasteiger partial charge >= 0.3 is 0 Å². The maximum atomic E-state index is 10.9. The lowest BCUT2D eigenvalue weighted by Gasteiger charge is -2.24. The maximum absolute atomic E-state index is 10.9. The molecule has 1 saturated heterocycles. The third-order valence-electron chi connectivity index (χ3n) is 1.77. The Morgan fingerprint density at radius 1 is 1.38 bits per heavy atom. The van der Waals surface area contributed by atoms with E-state index < -0.39 is 0 Å². The molecule has 1 rings (SSSR count). The van der Waals surface area contributed by atoms with Crippen molar-refractivity contribution in [1.82, 2.24) is 10.2 Å². The normalized spacial score (nSPS) is 18.8. The first-order chi connectivity index (χ1) is 6.22. The third-order valence-corrected chi connectivity index (χ3v) is 2.65. The Kier molecular flexibility index (Phi) is 4.24. The quantitative estimate of drug-likeness (QED) is 0.502. The van der Waals surface area contributed by atoms with Gasteiger partial charge in [0.05, 0.1) is 13.1 Å². The van der Waals surface area contributed by atoms with Gasteiger partial charge in [-0.2, -0.15) is 11.8 Å². The lowest BCUT2D eigenvalue weighted by Crippen LogP contribution is -2.51. The van der Waals surface area contributed by atoms with Gasteiger partial charge in [0.1, 0.15) is 0 Å². The molecule has 1 fully saturated rings. The van der Waals surface area contributed by atoms with Gasteiger partial charge in [-0.25, -0.2) is 0 Å². The second kappa shape index (κ2) is 5.24. The van der Waals surface area contributed by atoms with Gasteiger partial charge in [-0.15, -0.1) is 0 Å². The molecule has 1 aliphatic heterocycles. The molecule has 0 aromatic carbocycles. The van der Waals surface area contributed by atoms with Gasteiger partial charge < -0.3 is 0 Å². The van der Waals surface area contributed by atoms with Crippen LogP contribution < -0.4 is 5.32 Å². The molecule has 0 saturated carbocycles. The van der Waals surface area contributed by atoms with Crippen molar-refractivity contribution in [3.63, 3.8) is 0 Å². The highest BCUT2D eigenvalue weighted by molar-refractivity contribution is 7.99. The molecule has 0 aromatic rings. The molecule has 4 nitrogen and oxygen atoms in total. The van der Waals surface area contributed by atoms with Crippen molar-refractivity contribution in [3.8, 4) is 0 Å². The highest BCUT2D eigenvalue weighted by Gasteiger charge is 2.21. The molecule has 0 bridgehead atoms. The van der Waals surface area contributed by atoms with Crippen LogP contribution in [0.25, 0.3) is 0 Å². The highest BCUT2D eigenvalue weighted by atomic mass is 32.2. The Balaban J connectivity index is 2.25. The summed E-state index contributed by atoms with van der Waals surface area (Å²) in [6, 6.07) is 0. The molecule has 74 valence electrons. The van der Waals surface area contributed by atoms with Crippen LogP contribution in [0.2, 0.25) is 0 Å². The molecular formula is C8H14N2O2S. The van der Waals surface area contributed by atoms with Crippen molar-refractivity contribution >= 4 is 23.6 Å². The number of piperazine rings is 1. The van der Waals surface area contributed by atoms with Crippen LogP contribution in [0, 0.1) is 0 Å². The molecule has 0 aromatic heterocycles. The first-order valence-corrected chi connectivity index (χ1v) is 5.50. The molecule has 5 heteroatoms. The number of hydrogen-bond acceptors (Lipinski definition) is 4. The van der Waals surface area contributed by atoms with Crippen LogP contribution in [0.15, 0.2) is 0 Å². The molecule has 13 heavy (non-hydrogen) atoms. The predicted octanol–water partition coefficient (Wildman–Crippen LogP) is -0.302. The van der Waals surface area contributed by atoms with Crippen molar-refractivity contribution in [2.45, 2.75) is 6.92 Å². The second-order valence-electron chi connectivity index (χ2n) is 2.88. The standard InChI is InChI=1S/C8H14N2O2S/c1-2-13-4-3-10-5-7(11)9-8(12)6-10/h2-6H2,1H3,(H,9,11,12). The van der Waals surface area contributed by atoms with Gasteiger partial charge in [0, 0.05) is 12.3 Å². The average Bonchev–Trinajstić information content (AvgIpc) is 2.03. The molecule has 1 heterocycles. The van der Waals surface area contributed by atoms with Crippen LogP contribution in [-0.4, -0.2) is 47.9 Å². The number of nitrogens with zero attached hydrogens (tertiary/aromatic N) is 1. The van der Waals surface area contributed by atoms with Crippen LogP contribution in [-0.2, 0) is 9.59 Å². The number of hydrogen-bond donors (Lipinski definition) is 1. The Hall–Kier alpha value is -0.550. The number of amides is 2. The van der Waals surface area contributed by atoms with E-state index in [9.17, 15) is 9.59 Å². The Morgan fingerprint density at radius 2 is 2.00 bits per heavy atom. The number of carbonyl (C=O) groups is 2. The van der Waals surface area contributed by atoms with E-state index in [-0.39, 0.29) is 11.8 Å². The van der Waals surface area contributed by atoms with Gasteiger partial charge in [-0.1, -0.05) is 6.92 Å². The van der Waals surface area contributed by atoms with Gasteiger partial charge in [0.2, 0.25) is 11.8 Å². The topological polar surface area (TPSA) is 49.4 Å². The van der Waals surface area contributed by atoms with E-state index in [1.807, 2.05) is 16.7 Å². The van der Waals surface area contributed by atoms with E-state index in [2.05, 4.69) is 12.2 Å². The smallest absolute Gasteiger partial charge is 0.240 e. The first kappa shape index (κ1) is 10.5. The summed E-state index contributed by atoms with van der Waals surface area (Å²) in [6.45, 7) is 3.63. The molecule has 0 atom stereocenters.